The fourth-order valence-corrected chi connectivity index (χ4v) is 10.5. The molecular formula is C79H77N9O3. The number of H-pyrrole nitrogens is 3. The van der Waals surface area contributed by atoms with Gasteiger partial charge in [-0.15, -0.1) is 0 Å². The van der Waals surface area contributed by atoms with Gasteiger partial charge in [0.1, 0.15) is 17.5 Å². The van der Waals surface area contributed by atoms with Gasteiger partial charge in [0.05, 0.1) is 33.1 Å². The maximum Gasteiger partial charge on any atom is 0.249 e. The van der Waals surface area contributed by atoms with Crippen molar-refractivity contribution >= 4 is 93.0 Å². The molecule has 8 N–H and O–H groups in total. The maximum absolute atomic E-state index is 11.8. The van der Waals surface area contributed by atoms with Crippen molar-refractivity contribution in [3.8, 4) is 33.4 Å². The summed E-state index contributed by atoms with van der Waals surface area (Å²) in [6.45, 7) is 21.4. The number of carbonyl (C=O) groups is 3. The summed E-state index contributed by atoms with van der Waals surface area (Å²) >= 11 is 0. The van der Waals surface area contributed by atoms with Crippen molar-refractivity contribution in [2.75, 3.05) is 5.32 Å². The highest BCUT2D eigenvalue weighted by Crippen LogP contribution is 2.33. The van der Waals surface area contributed by atoms with Crippen LogP contribution in [-0.4, -0.2) is 47.6 Å². The summed E-state index contributed by atoms with van der Waals surface area (Å²) in [5.41, 5.74) is 31.7. The molecule has 12 aromatic rings. The van der Waals surface area contributed by atoms with Crippen LogP contribution in [0.4, 0.5) is 5.69 Å². The number of imidazole rings is 3. The predicted octanol–water partition coefficient (Wildman–Crippen LogP) is 18.2. The Morgan fingerprint density at radius 1 is 0.385 bits per heavy atom. The molecule has 12 heteroatoms. The SMILES string of the molecule is CC(=O)Nc1ccccc1-c1ccc2nc(/C=C/c3ccc(C(C)(C)C)cc3)[nH]c2c1.CC(C)(C)c1ccc(/C=C/c2nc3ccc(-c4cccc(C(N)=O)c4)cc3[nH]2)cc1.CC(C)(C)c1ccc(/C=C/c2nc3ccc(-c4ccccc4C(N)=O)cc3[nH]2)cc1. The highest BCUT2D eigenvalue weighted by Gasteiger charge is 2.17. The van der Waals surface area contributed by atoms with Crippen molar-refractivity contribution < 1.29 is 14.4 Å². The number of carbonyl (C=O) groups excluding carboxylic acids is 3. The van der Waals surface area contributed by atoms with E-state index in [1.54, 1.807) is 12.1 Å². The highest BCUT2D eigenvalue weighted by molar-refractivity contribution is 6.01. The quantitative estimate of drug-likeness (QED) is 0.0702. The number of para-hydroxylation sites is 1. The van der Waals surface area contributed by atoms with E-state index in [1.807, 2.05) is 133 Å². The van der Waals surface area contributed by atoms with E-state index in [2.05, 4.69) is 189 Å². The number of benzene rings is 9. The standard InChI is InChI=1S/C27H27N3O.2C26H25N3O/c1-18(31)28-23-8-6-5-7-22(23)20-12-15-24-25(17-20)30-26(29-24)16-11-19-9-13-21(14-10-19)27(2,3)4;1-26(2,3)21-11-7-17(8-12-21)9-14-24-28-22-13-10-19(16-23(22)29-24)18-5-4-6-20(15-18)25(27)30;1-26(2,3)19-12-8-17(9-13-19)10-15-24-28-22-14-11-18(16-23(22)29-24)20-6-4-5-7-21(20)25(27)30/h5-17H,1-4H3,(H,28,31)(H,29,30);2*4-16H,1-3H3,(H2,27,30)(H,28,29)/b16-11+;14-9+;15-10+. The predicted molar refractivity (Wildman–Crippen MR) is 378 cm³/mol. The number of nitrogens with zero attached hydrogens (tertiary/aromatic N) is 3. The lowest BCUT2D eigenvalue weighted by molar-refractivity contribution is -0.114. The van der Waals surface area contributed by atoms with Crippen LogP contribution >= 0.6 is 0 Å². The maximum atomic E-state index is 11.8. The summed E-state index contributed by atoms with van der Waals surface area (Å²) in [4.78, 5) is 58.8. The fourth-order valence-electron chi connectivity index (χ4n) is 10.5. The summed E-state index contributed by atoms with van der Waals surface area (Å²) in [5, 5.41) is 2.90. The number of fused-ring (bicyclic) bond motifs is 3. The van der Waals surface area contributed by atoms with Crippen LogP contribution in [0.2, 0.25) is 0 Å². The van der Waals surface area contributed by atoms with Crippen LogP contribution in [0.1, 0.15) is 141 Å². The number of aromatic amines is 3. The molecule has 456 valence electrons. The number of nitrogens with one attached hydrogen (secondary N) is 4. The zero-order valence-corrected chi connectivity index (χ0v) is 53.2. The van der Waals surface area contributed by atoms with Gasteiger partial charge in [0.25, 0.3) is 0 Å². The number of primary amides is 2. The van der Waals surface area contributed by atoms with E-state index in [-0.39, 0.29) is 22.2 Å². The lowest BCUT2D eigenvalue weighted by Crippen LogP contribution is -2.12. The van der Waals surface area contributed by atoms with E-state index in [0.29, 0.717) is 11.1 Å². The lowest BCUT2D eigenvalue weighted by Gasteiger charge is -2.18. The minimum absolute atomic E-state index is 0.0852. The van der Waals surface area contributed by atoms with Gasteiger partial charge >= 0.3 is 0 Å². The molecule has 0 spiro atoms. The van der Waals surface area contributed by atoms with Crippen LogP contribution in [0, 0.1) is 0 Å². The fraction of sp³-hybridized carbons (Fsp3) is 0.165. The number of hydrogen-bond acceptors (Lipinski definition) is 6. The average Bonchev–Trinajstić information content (AvgIpc) is 2.49. The highest BCUT2D eigenvalue weighted by atomic mass is 16.2. The first-order chi connectivity index (χ1) is 43.4. The van der Waals surface area contributed by atoms with Gasteiger partial charge in [-0.25, -0.2) is 15.0 Å². The number of anilines is 1. The zero-order chi connectivity index (χ0) is 64.6. The molecule has 9 aromatic carbocycles. The first-order valence-corrected chi connectivity index (χ1v) is 30.4. The first kappa shape index (κ1) is 63.1. The van der Waals surface area contributed by atoms with Crippen LogP contribution in [0.25, 0.3) is 103 Å². The Kier molecular flexibility index (Phi) is 18.6. The molecule has 12 rings (SSSR count). The van der Waals surface area contributed by atoms with Crippen molar-refractivity contribution in [1.29, 1.82) is 0 Å². The normalized spacial score (nSPS) is 11.9. The molecule has 0 unspecified atom stereocenters. The molecule has 12 nitrogen and oxygen atoms in total. The molecule has 0 aliphatic rings. The van der Waals surface area contributed by atoms with Crippen LogP contribution in [0.15, 0.2) is 200 Å². The Morgan fingerprint density at radius 2 is 0.758 bits per heavy atom. The van der Waals surface area contributed by atoms with Gasteiger partial charge in [-0.05, 0) is 156 Å². The molecule has 0 bridgehead atoms. The van der Waals surface area contributed by atoms with E-state index >= 15 is 0 Å². The topological polar surface area (TPSA) is 201 Å². The monoisotopic (exact) mass is 1200 g/mol. The third-order valence-corrected chi connectivity index (χ3v) is 15.7. The minimum Gasteiger partial charge on any atom is -0.366 e. The Morgan fingerprint density at radius 3 is 1.16 bits per heavy atom. The molecule has 3 heterocycles. The van der Waals surface area contributed by atoms with E-state index < -0.39 is 11.8 Å². The number of nitrogens with two attached hydrogens (primary N) is 2. The summed E-state index contributed by atoms with van der Waals surface area (Å²) in [5.74, 6) is 1.44. The van der Waals surface area contributed by atoms with Crippen LogP contribution in [0.3, 0.4) is 0 Å². The van der Waals surface area contributed by atoms with Crippen molar-refractivity contribution in [1.82, 2.24) is 29.9 Å². The molecule has 0 fully saturated rings. The minimum atomic E-state index is -0.434. The molecule has 0 saturated carbocycles. The van der Waals surface area contributed by atoms with Gasteiger partial charge in [0, 0.05) is 29.3 Å². The number of amides is 3. The molecule has 0 atom stereocenters. The second-order valence-corrected chi connectivity index (χ2v) is 25.8. The zero-order valence-electron chi connectivity index (χ0n) is 53.2. The van der Waals surface area contributed by atoms with E-state index in [0.717, 1.165) is 106 Å². The van der Waals surface area contributed by atoms with E-state index in [1.165, 1.54) is 23.6 Å². The second-order valence-electron chi connectivity index (χ2n) is 25.8. The lowest BCUT2D eigenvalue weighted by atomic mass is 9.87. The molecule has 0 radical (unpaired) electrons. The van der Waals surface area contributed by atoms with Gasteiger partial charge in [-0.2, -0.15) is 0 Å². The number of hydrogen-bond donors (Lipinski definition) is 6. The molecule has 0 saturated heterocycles. The van der Waals surface area contributed by atoms with Gasteiger partial charge in [0.2, 0.25) is 17.7 Å². The van der Waals surface area contributed by atoms with Gasteiger partial charge in [0.15, 0.2) is 0 Å². The largest absolute Gasteiger partial charge is 0.366 e. The third-order valence-electron chi connectivity index (χ3n) is 15.7. The molecule has 0 aliphatic heterocycles. The molecule has 0 aliphatic carbocycles. The van der Waals surface area contributed by atoms with Crippen molar-refractivity contribution in [3.63, 3.8) is 0 Å². The summed E-state index contributed by atoms with van der Waals surface area (Å²) in [6, 6.07) is 66.3. The van der Waals surface area contributed by atoms with Crippen LogP contribution in [-0.2, 0) is 21.0 Å². The van der Waals surface area contributed by atoms with Gasteiger partial charge in [-0.1, -0.05) is 220 Å². The Balaban J connectivity index is 0.000000150. The van der Waals surface area contributed by atoms with Crippen LogP contribution in [0.5, 0.6) is 0 Å². The molecule has 3 aromatic heterocycles. The summed E-state index contributed by atoms with van der Waals surface area (Å²) in [7, 11) is 0. The Labute approximate surface area is 532 Å². The molecule has 3 amide bonds. The van der Waals surface area contributed by atoms with Gasteiger partial charge in [-0.3, -0.25) is 14.4 Å². The van der Waals surface area contributed by atoms with E-state index in [4.69, 9.17) is 11.5 Å². The van der Waals surface area contributed by atoms with Crippen LogP contribution < -0.4 is 16.8 Å². The van der Waals surface area contributed by atoms with Crippen molar-refractivity contribution in [3.05, 3.63) is 262 Å². The third kappa shape index (κ3) is 16.0. The Hall–Kier alpha value is -11.0. The Bertz CT molecular complexity index is 4690. The van der Waals surface area contributed by atoms with Crippen molar-refractivity contribution in [2.24, 2.45) is 11.5 Å². The smallest absolute Gasteiger partial charge is 0.249 e. The number of rotatable bonds is 12. The summed E-state index contributed by atoms with van der Waals surface area (Å²) < 4.78 is 0. The van der Waals surface area contributed by atoms with Gasteiger partial charge < -0.3 is 31.7 Å². The number of aromatic nitrogens is 6. The molecular weight excluding hydrogens is 1120 g/mol. The van der Waals surface area contributed by atoms with E-state index in [9.17, 15) is 14.4 Å². The van der Waals surface area contributed by atoms with Crippen molar-refractivity contribution in [2.45, 2.75) is 85.5 Å². The average molecular weight is 1200 g/mol. The summed E-state index contributed by atoms with van der Waals surface area (Å²) in [6.07, 6.45) is 12.1. The second kappa shape index (κ2) is 26.8. The molecule has 91 heavy (non-hydrogen) atoms. The first-order valence-electron chi connectivity index (χ1n) is 30.4.